The molecule has 1 unspecified atom stereocenters. The molecule has 0 aromatic heterocycles. The number of carbonyl (C=O) groups excluding carboxylic acids is 2. The van der Waals surface area contributed by atoms with Gasteiger partial charge in [-0.05, 0) is 48.7 Å². The highest BCUT2D eigenvalue weighted by Gasteiger charge is 2.30. The summed E-state index contributed by atoms with van der Waals surface area (Å²) in [7, 11) is -2.20. The van der Waals surface area contributed by atoms with E-state index in [1.165, 1.54) is 16.3 Å². The molecule has 1 N–H and O–H groups in total. The molecular formula is C30H35Cl2N3O5S. The lowest BCUT2D eigenvalue weighted by molar-refractivity contribution is -0.141. The van der Waals surface area contributed by atoms with E-state index in [1.807, 2.05) is 37.3 Å². The van der Waals surface area contributed by atoms with E-state index >= 15 is 0 Å². The number of benzene rings is 3. The van der Waals surface area contributed by atoms with Crippen LogP contribution in [-0.4, -0.2) is 57.6 Å². The van der Waals surface area contributed by atoms with Crippen LogP contribution < -0.4 is 14.4 Å². The Kier molecular flexibility index (Phi) is 11.9. The third-order valence-corrected chi connectivity index (χ3v) is 8.38. The van der Waals surface area contributed by atoms with Gasteiger partial charge in [-0.15, -0.1) is 0 Å². The molecule has 3 aromatic carbocycles. The van der Waals surface area contributed by atoms with Crippen LogP contribution in [0.4, 0.5) is 5.69 Å². The summed E-state index contributed by atoms with van der Waals surface area (Å²) in [4.78, 5) is 28.7. The minimum Gasteiger partial charge on any atom is -0.495 e. The highest BCUT2D eigenvalue weighted by molar-refractivity contribution is 7.92. The predicted molar refractivity (Wildman–Crippen MR) is 164 cm³/mol. The second kappa shape index (κ2) is 15.1. The molecule has 0 heterocycles. The number of sulfonamides is 1. The van der Waals surface area contributed by atoms with E-state index in [1.54, 1.807) is 42.5 Å². The predicted octanol–water partition coefficient (Wildman–Crippen LogP) is 5.32. The highest BCUT2D eigenvalue weighted by atomic mass is 35.5. The Hall–Kier alpha value is -3.27. The number of ether oxygens (including phenoxy) is 1. The molecule has 0 aliphatic carbocycles. The van der Waals surface area contributed by atoms with Crippen molar-refractivity contribution in [3.05, 3.63) is 94.0 Å². The van der Waals surface area contributed by atoms with Crippen LogP contribution in [0.15, 0.2) is 72.8 Å². The number of para-hydroxylation sites is 2. The van der Waals surface area contributed by atoms with Crippen LogP contribution in [0.3, 0.4) is 0 Å². The first-order valence-corrected chi connectivity index (χ1v) is 15.8. The summed E-state index contributed by atoms with van der Waals surface area (Å²) in [5.41, 5.74) is 2.00. The van der Waals surface area contributed by atoms with E-state index in [4.69, 9.17) is 27.9 Å². The van der Waals surface area contributed by atoms with Gasteiger partial charge in [0, 0.05) is 32.5 Å². The number of nitrogens with one attached hydrogen (secondary N) is 1. The second-order valence-corrected chi connectivity index (χ2v) is 12.2. The number of likely N-dealkylation sites (N-methyl/N-ethyl adjacent to an activating group) is 1. The molecule has 0 spiro atoms. The van der Waals surface area contributed by atoms with Crippen LogP contribution in [0.5, 0.6) is 5.75 Å². The Morgan fingerprint density at radius 1 is 0.951 bits per heavy atom. The SMILES string of the molecule is CCNC(=O)C(Cc1ccccc1)N(Cc1ccc(Cl)c(Cl)c1)C(=O)CCCN(c1ccccc1OC)S(C)(=O)=O. The van der Waals surface area contributed by atoms with Gasteiger partial charge in [-0.2, -0.15) is 0 Å². The van der Waals surface area contributed by atoms with Gasteiger partial charge >= 0.3 is 0 Å². The number of hydrogen-bond donors (Lipinski definition) is 1. The summed E-state index contributed by atoms with van der Waals surface area (Å²) in [6.45, 7) is 2.39. The molecule has 41 heavy (non-hydrogen) atoms. The second-order valence-electron chi connectivity index (χ2n) is 9.48. The van der Waals surface area contributed by atoms with Crippen LogP contribution >= 0.6 is 23.2 Å². The van der Waals surface area contributed by atoms with E-state index in [0.29, 0.717) is 40.0 Å². The molecule has 1 atom stereocenters. The molecule has 0 bridgehead atoms. The van der Waals surface area contributed by atoms with Crippen LogP contribution in [0.25, 0.3) is 0 Å². The summed E-state index contributed by atoms with van der Waals surface area (Å²) in [6.07, 6.45) is 1.64. The first-order valence-electron chi connectivity index (χ1n) is 13.2. The van der Waals surface area contributed by atoms with Gasteiger partial charge in [0.15, 0.2) is 0 Å². The fourth-order valence-corrected chi connectivity index (χ4v) is 5.79. The molecule has 0 saturated heterocycles. The Bertz CT molecular complexity index is 1440. The number of rotatable bonds is 14. The minimum atomic E-state index is -3.67. The summed E-state index contributed by atoms with van der Waals surface area (Å²) in [6, 6.07) is 20.6. The zero-order valence-electron chi connectivity index (χ0n) is 23.3. The fourth-order valence-electron chi connectivity index (χ4n) is 4.50. The maximum absolute atomic E-state index is 13.8. The number of halogens is 2. The van der Waals surface area contributed by atoms with E-state index in [9.17, 15) is 18.0 Å². The third kappa shape index (κ3) is 9.11. The number of nitrogens with zero attached hydrogens (tertiary/aromatic N) is 2. The quantitative estimate of drug-likeness (QED) is 0.263. The molecule has 11 heteroatoms. The maximum Gasteiger partial charge on any atom is 0.243 e. The Labute approximate surface area is 252 Å². The maximum atomic E-state index is 13.8. The van der Waals surface area contributed by atoms with Gasteiger partial charge in [-0.3, -0.25) is 13.9 Å². The Morgan fingerprint density at radius 3 is 2.27 bits per heavy atom. The summed E-state index contributed by atoms with van der Waals surface area (Å²) in [5, 5.41) is 3.58. The molecule has 3 aromatic rings. The molecule has 220 valence electrons. The minimum absolute atomic E-state index is 0.00713. The molecule has 3 rings (SSSR count). The van der Waals surface area contributed by atoms with Gasteiger partial charge in [0.2, 0.25) is 21.8 Å². The van der Waals surface area contributed by atoms with Gasteiger partial charge in [-0.1, -0.05) is 71.7 Å². The summed E-state index contributed by atoms with van der Waals surface area (Å²) >= 11 is 12.4. The van der Waals surface area contributed by atoms with E-state index < -0.39 is 16.1 Å². The fraction of sp³-hybridized carbons (Fsp3) is 0.333. The van der Waals surface area contributed by atoms with Crippen molar-refractivity contribution in [1.29, 1.82) is 0 Å². The lowest BCUT2D eigenvalue weighted by atomic mass is 10.0. The van der Waals surface area contributed by atoms with Crippen molar-refractivity contribution >= 4 is 50.7 Å². The van der Waals surface area contributed by atoms with Crippen molar-refractivity contribution in [2.24, 2.45) is 0 Å². The molecule has 0 aliphatic heterocycles. The van der Waals surface area contributed by atoms with Gasteiger partial charge in [-0.25, -0.2) is 8.42 Å². The molecule has 2 amide bonds. The zero-order chi connectivity index (χ0) is 30.0. The molecule has 0 saturated carbocycles. The first-order chi connectivity index (χ1) is 19.5. The largest absolute Gasteiger partial charge is 0.495 e. The standard InChI is InChI=1S/C30H35Cl2N3O5S/c1-4-33-30(37)27(20-22-11-6-5-7-12-22)34(21-23-16-17-24(31)25(32)19-23)29(36)15-10-18-35(41(3,38)39)26-13-8-9-14-28(26)40-2/h5-9,11-14,16-17,19,27H,4,10,15,18,20-21H2,1-3H3,(H,33,37). The smallest absolute Gasteiger partial charge is 0.243 e. The van der Waals surface area contributed by atoms with Crippen molar-refractivity contribution in [1.82, 2.24) is 10.2 Å². The molecule has 0 aliphatic rings. The molecular weight excluding hydrogens is 585 g/mol. The van der Waals surface area contributed by atoms with Gasteiger partial charge < -0.3 is 15.0 Å². The number of methoxy groups -OCH3 is 1. The lowest BCUT2D eigenvalue weighted by Gasteiger charge is -2.32. The van der Waals surface area contributed by atoms with E-state index in [0.717, 1.165) is 11.8 Å². The average Bonchev–Trinajstić information content (AvgIpc) is 2.94. The van der Waals surface area contributed by atoms with Crippen molar-refractivity contribution < 1.29 is 22.7 Å². The van der Waals surface area contributed by atoms with Crippen LogP contribution in [-0.2, 0) is 32.6 Å². The van der Waals surface area contributed by atoms with E-state index in [-0.39, 0.29) is 37.7 Å². The molecule has 0 radical (unpaired) electrons. The monoisotopic (exact) mass is 619 g/mol. The number of anilines is 1. The lowest BCUT2D eigenvalue weighted by Crippen LogP contribution is -2.50. The van der Waals surface area contributed by atoms with Gasteiger partial charge in [0.1, 0.15) is 11.8 Å². The summed E-state index contributed by atoms with van der Waals surface area (Å²) < 4.78 is 32.0. The van der Waals surface area contributed by atoms with Crippen molar-refractivity contribution in [2.45, 2.75) is 38.8 Å². The number of amides is 2. The van der Waals surface area contributed by atoms with Crippen molar-refractivity contribution in [2.75, 3.05) is 30.8 Å². The third-order valence-electron chi connectivity index (χ3n) is 6.47. The average molecular weight is 621 g/mol. The van der Waals surface area contributed by atoms with Crippen LogP contribution in [0, 0.1) is 0 Å². The van der Waals surface area contributed by atoms with Gasteiger partial charge in [0.25, 0.3) is 0 Å². The van der Waals surface area contributed by atoms with Crippen LogP contribution in [0.2, 0.25) is 10.0 Å². The van der Waals surface area contributed by atoms with Crippen molar-refractivity contribution in [3.8, 4) is 5.75 Å². The molecule has 8 nitrogen and oxygen atoms in total. The Morgan fingerprint density at radius 2 is 1.63 bits per heavy atom. The summed E-state index contributed by atoms with van der Waals surface area (Å²) in [5.74, 6) is -0.169. The van der Waals surface area contributed by atoms with Gasteiger partial charge in [0.05, 0.1) is 29.1 Å². The first kappa shape index (κ1) is 32.2. The number of carbonyl (C=O) groups is 2. The number of hydrogen-bond acceptors (Lipinski definition) is 5. The molecule has 0 fully saturated rings. The highest BCUT2D eigenvalue weighted by Crippen LogP contribution is 2.30. The normalized spacial score (nSPS) is 11.9. The topological polar surface area (TPSA) is 96.0 Å². The Balaban J connectivity index is 1.90. The van der Waals surface area contributed by atoms with Crippen molar-refractivity contribution in [3.63, 3.8) is 0 Å². The van der Waals surface area contributed by atoms with E-state index in [2.05, 4.69) is 5.32 Å². The zero-order valence-corrected chi connectivity index (χ0v) is 25.7. The van der Waals surface area contributed by atoms with Crippen LogP contribution in [0.1, 0.15) is 30.9 Å².